The number of phenols is 1. The molecule has 0 radical (unpaired) electrons. The molecule has 12 nitrogen and oxygen atoms in total. The summed E-state index contributed by atoms with van der Waals surface area (Å²) in [7, 11) is -2.67. The normalized spacial score (nSPS) is 12.8. The van der Waals surface area contributed by atoms with Crippen molar-refractivity contribution in [3.63, 3.8) is 0 Å². The molecular weight excluding hydrogens is 534 g/mol. The topological polar surface area (TPSA) is 154 Å². The molecule has 0 unspecified atom stereocenters. The highest BCUT2D eigenvalue weighted by atomic mass is 35.5. The molecule has 1 aliphatic heterocycles. The van der Waals surface area contributed by atoms with Crippen molar-refractivity contribution in [2.45, 2.75) is 11.8 Å². The monoisotopic (exact) mass is 551 g/mol. The molecule has 4 heterocycles. The lowest BCUT2D eigenvalue weighted by atomic mass is 10.2. The van der Waals surface area contributed by atoms with Crippen molar-refractivity contribution in [1.82, 2.24) is 24.5 Å². The number of phenolic OH excluding ortho intramolecular Hbond substituents is 1. The number of aliphatic imine (C=N–C) groups is 1. The van der Waals surface area contributed by atoms with Crippen molar-refractivity contribution >= 4 is 50.3 Å². The quantitative estimate of drug-likeness (QED) is 0.328. The molecule has 3 aromatic heterocycles. The molecule has 0 atom stereocenters. The molecule has 4 aromatic rings. The van der Waals surface area contributed by atoms with Gasteiger partial charge in [-0.1, -0.05) is 23.4 Å². The summed E-state index contributed by atoms with van der Waals surface area (Å²) in [5.41, 5.74) is 6.13. The van der Waals surface area contributed by atoms with Gasteiger partial charge in [0.15, 0.2) is 33.8 Å². The molecule has 1 aliphatic rings. The Morgan fingerprint density at radius 2 is 2.03 bits per heavy atom. The second-order valence-corrected chi connectivity index (χ2v) is 9.59. The summed E-state index contributed by atoms with van der Waals surface area (Å²) < 4.78 is 40.6. The third-order valence-electron chi connectivity index (χ3n) is 5.16. The fraction of sp³-hybridized carbons (Fsp3) is 0.125. The maximum Gasteiger partial charge on any atom is 0.264 e. The number of hydrogen-bond acceptors (Lipinski definition) is 10. The van der Waals surface area contributed by atoms with E-state index in [0.717, 1.165) is 0 Å². The molecule has 1 aromatic carbocycles. The summed E-state index contributed by atoms with van der Waals surface area (Å²) in [6.45, 7) is 2.18. The van der Waals surface area contributed by atoms with E-state index in [4.69, 9.17) is 21.1 Å². The Labute approximate surface area is 221 Å². The van der Waals surface area contributed by atoms with Gasteiger partial charge in [-0.3, -0.25) is 14.3 Å². The van der Waals surface area contributed by atoms with Gasteiger partial charge >= 0.3 is 0 Å². The number of aromatic nitrogens is 5. The van der Waals surface area contributed by atoms with Crippen LogP contribution in [-0.2, 0) is 14.8 Å². The first kappa shape index (κ1) is 25.0. The van der Waals surface area contributed by atoms with Gasteiger partial charge in [0.2, 0.25) is 5.90 Å². The van der Waals surface area contributed by atoms with Gasteiger partial charge in [0.1, 0.15) is 22.1 Å². The number of para-hydroxylation sites is 1. The Bertz CT molecular complexity index is 1810. The average molecular weight is 552 g/mol. The lowest BCUT2D eigenvalue weighted by molar-refractivity contribution is 0.330. The lowest BCUT2D eigenvalue weighted by Gasteiger charge is -2.15. The third kappa shape index (κ3) is 4.58. The summed E-state index contributed by atoms with van der Waals surface area (Å²) in [4.78, 5) is 21.4. The largest absolute Gasteiger partial charge is 0.506 e. The van der Waals surface area contributed by atoms with Crippen LogP contribution in [0.4, 0.5) is 5.82 Å². The molecule has 0 saturated carbocycles. The zero-order valence-corrected chi connectivity index (χ0v) is 21.4. The summed E-state index contributed by atoms with van der Waals surface area (Å²) >= 11 is 6.32. The highest BCUT2D eigenvalue weighted by Gasteiger charge is 2.26. The second-order valence-electron chi connectivity index (χ2n) is 7.55. The van der Waals surface area contributed by atoms with Crippen molar-refractivity contribution in [2.24, 2.45) is 4.99 Å². The molecule has 38 heavy (non-hydrogen) atoms. The van der Waals surface area contributed by atoms with Gasteiger partial charge in [0.05, 0.1) is 19.8 Å². The Morgan fingerprint density at radius 3 is 2.76 bits per heavy atom. The zero-order chi connectivity index (χ0) is 26.9. The molecule has 0 amide bonds. The summed E-state index contributed by atoms with van der Waals surface area (Å²) in [6.07, 6.45) is 4.14. The van der Waals surface area contributed by atoms with Crippen molar-refractivity contribution in [3.05, 3.63) is 71.2 Å². The van der Waals surface area contributed by atoms with Gasteiger partial charge in [0, 0.05) is 12.4 Å². The van der Waals surface area contributed by atoms with E-state index in [1.165, 1.54) is 48.3 Å². The van der Waals surface area contributed by atoms with Crippen LogP contribution in [0.5, 0.6) is 11.5 Å². The first-order valence-electron chi connectivity index (χ1n) is 11.0. The number of sulfonamides is 1. The molecule has 0 bridgehead atoms. The number of nitrogens with zero attached hydrogens (tertiary/aromatic N) is 6. The number of ether oxygens (including phenoxy) is 2. The maximum absolute atomic E-state index is 12.9. The SMILES string of the molecule is CCOC1=NC(c2nc3nc(Cl)c(NS(=O)(=O)c4cccnc4)nc3n2-c2c(O)cccc2OC)=C=C=C1. The number of hydrogen-bond donors (Lipinski definition) is 2. The zero-order valence-electron chi connectivity index (χ0n) is 19.9. The minimum atomic E-state index is -4.10. The molecular formula is C24H18ClN7O5S. The van der Waals surface area contributed by atoms with Crippen molar-refractivity contribution in [3.8, 4) is 17.2 Å². The van der Waals surface area contributed by atoms with E-state index in [0.29, 0.717) is 6.61 Å². The van der Waals surface area contributed by atoms with Crippen LogP contribution in [0.25, 0.3) is 22.7 Å². The molecule has 2 N–H and O–H groups in total. The Kier molecular flexibility index (Phi) is 6.58. The predicted octanol–water partition coefficient (Wildman–Crippen LogP) is 3.48. The summed E-state index contributed by atoms with van der Waals surface area (Å²) in [6, 6.07) is 7.52. The van der Waals surface area contributed by atoms with Crippen LogP contribution < -0.4 is 9.46 Å². The van der Waals surface area contributed by atoms with E-state index in [9.17, 15) is 13.5 Å². The minimum absolute atomic E-state index is 0.0386. The third-order valence-corrected chi connectivity index (χ3v) is 6.75. The van der Waals surface area contributed by atoms with E-state index < -0.39 is 10.0 Å². The molecule has 14 heteroatoms. The fourth-order valence-corrected chi connectivity index (χ4v) is 4.76. The first-order valence-corrected chi connectivity index (χ1v) is 12.9. The van der Waals surface area contributed by atoms with Crippen LogP contribution in [0.3, 0.4) is 0 Å². The highest BCUT2D eigenvalue weighted by molar-refractivity contribution is 7.92. The predicted molar refractivity (Wildman–Crippen MR) is 139 cm³/mol. The number of halogens is 1. The van der Waals surface area contributed by atoms with Gasteiger partial charge in [-0.15, -0.1) is 0 Å². The Balaban J connectivity index is 1.77. The van der Waals surface area contributed by atoms with Crippen LogP contribution in [0.15, 0.2) is 70.2 Å². The lowest BCUT2D eigenvalue weighted by Crippen LogP contribution is -2.15. The molecule has 0 fully saturated rings. The van der Waals surface area contributed by atoms with Gasteiger partial charge in [-0.2, -0.15) is 0 Å². The van der Waals surface area contributed by atoms with E-state index in [-0.39, 0.29) is 61.8 Å². The fourth-order valence-electron chi connectivity index (χ4n) is 3.57. The molecule has 0 saturated heterocycles. The number of anilines is 1. The van der Waals surface area contributed by atoms with Crippen molar-refractivity contribution in [2.75, 3.05) is 18.4 Å². The van der Waals surface area contributed by atoms with Gasteiger partial charge in [-0.05, 0) is 36.9 Å². The van der Waals surface area contributed by atoms with Crippen LogP contribution in [0.1, 0.15) is 12.7 Å². The summed E-state index contributed by atoms with van der Waals surface area (Å²) in [5.74, 6) is 0.236. The highest BCUT2D eigenvalue weighted by Crippen LogP contribution is 2.37. The number of imidazole rings is 1. The van der Waals surface area contributed by atoms with Crippen LogP contribution in [0.2, 0.25) is 5.15 Å². The van der Waals surface area contributed by atoms with Gasteiger partial charge in [-0.25, -0.2) is 28.4 Å². The summed E-state index contributed by atoms with van der Waals surface area (Å²) in [5, 5.41) is 10.6. The molecule has 0 spiro atoms. The number of aromatic hydroxyl groups is 1. The first-order chi connectivity index (χ1) is 18.3. The standard InChI is InChI=1S/C24H18ClN7O5S/c1-3-37-18-11-4-8-15(27-18)23-30-22-24(32(23)19-16(33)9-5-10-17(19)36-2)29-21(20(25)28-22)31-38(34,35)14-7-6-12-26-13-14/h5-7,9-13,33H,3H2,1-2H3,(H,29,31). The van der Waals surface area contributed by atoms with E-state index in [1.807, 2.05) is 6.92 Å². The minimum Gasteiger partial charge on any atom is -0.506 e. The maximum atomic E-state index is 12.9. The van der Waals surface area contributed by atoms with Crippen molar-refractivity contribution in [1.29, 1.82) is 0 Å². The second kappa shape index (κ2) is 10.0. The number of rotatable bonds is 7. The number of benzene rings is 1. The van der Waals surface area contributed by atoms with E-state index in [1.54, 1.807) is 12.1 Å². The van der Waals surface area contributed by atoms with Crippen LogP contribution in [0, 0.1) is 0 Å². The van der Waals surface area contributed by atoms with E-state index >= 15 is 0 Å². The number of nitrogens with one attached hydrogen (secondary N) is 1. The molecule has 5 rings (SSSR count). The van der Waals surface area contributed by atoms with Crippen molar-refractivity contribution < 1.29 is 23.0 Å². The Morgan fingerprint density at radius 1 is 1.18 bits per heavy atom. The van der Waals surface area contributed by atoms with Gasteiger partial charge < -0.3 is 14.6 Å². The van der Waals surface area contributed by atoms with Crippen LogP contribution in [-0.4, -0.2) is 57.6 Å². The number of methoxy groups -OCH3 is 1. The van der Waals surface area contributed by atoms with Gasteiger partial charge in [0.25, 0.3) is 10.0 Å². The smallest absolute Gasteiger partial charge is 0.264 e. The van der Waals surface area contributed by atoms with Crippen LogP contribution >= 0.6 is 11.6 Å². The molecule has 0 aliphatic carbocycles. The average Bonchev–Trinajstić information content (AvgIpc) is 3.27. The number of pyridine rings is 1. The van der Waals surface area contributed by atoms with E-state index in [2.05, 4.69) is 41.1 Å². The number of fused-ring (bicyclic) bond motifs is 1. The molecule has 192 valence electrons. The Hall–Kier alpha value is -4.67.